The van der Waals surface area contributed by atoms with Crippen LogP contribution in [0.5, 0.6) is 5.75 Å². The number of allylic oxidation sites excluding steroid dienone is 1. The van der Waals surface area contributed by atoms with Gasteiger partial charge in [-0.3, -0.25) is 14.4 Å². The molecule has 1 aromatic rings. The first-order chi connectivity index (χ1) is 19.8. The molecule has 1 unspecified atom stereocenters. The van der Waals surface area contributed by atoms with Gasteiger partial charge in [0.05, 0.1) is 5.56 Å². The van der Waals surface area contributed by atoms with E-state index < -0.39 is 56.8 Å². The van der Waals surface area contributed by atoms with E-state index in [9.17, 15) is 34.8 Å². The van der Waals surface area contributed by atoms with Gasteiger partial charge in [0.15, 0.2) is 17.2 Å². The summed E-state index contributed by atoms with van der Waals surface area (Å²) in [6.07, 6.45) is 6.65. The standard InChI is InChI=1S/C36H48O7/c1-18(2)22-15-21(11-14-33(6)12-9-10-13-33)28(38)25-23(22)16-34(7)17-35(8)26(19(3)4)29(39)24(20(5)37)31(41)36(35,43)32(42)27(34)30(25)40/h15,18-19,26,38,40-41,43H,9-14,16-17H2,1-8H3/t26?,34-,35-,36+/m1/s1. The highest BCUT2D eigenvalue weighted by Crippen LogP contribution is 2.65. The van der Waals surface area contributed by atoms with E-state index in [2.05, 4.69) is 26.8 Å². The summed E-state index contributed by atoms with van der Waals surface area (Å²) in [4.78, 5) is 40.9. The van der Waals surface area contributed by atoms with Gasteiger partial charge in [-0.15, -0.1) is 0 Å². The second kappa shape index (κ2) is 10.0. The Morgan fingerprint density at radius 3 is 2.16 bits per heavy atom. The number of aliphatic hydroxyl groups is 3. The molecule has 0 amide bonds. The van der Waals surface area contributed by atoms with Gasteiger partial charge in [-0.05, 0) is 79.4 Å². The van der Waals surface area contributed by atoms with E-state index in [1.165, 1.54) is 12.8 Å². The number of benzene rings is 1. The molecule has 1 aromatic carbocycles. The number of aliphatic hydroxyl groups excluding tert-OH is 2. The molecular formula is C36H48O7. The molecule has 7 heteroatoms. The van der Waals surface area contributed by atoms with Crippen LogP contribution in [-0.2, 0) is 27.2 Å². The van der Waals surface area contributed by atoms with Gasteiger partial charge < -0.3 is 20.4 Å². The van der Waals surface area contributed by atoms with Crippen molar-refractivity contribution in [1.82, 2.24) is 0 Å². The average Bonchev–Trinajstić information content (AvgIpc) is 3.31. The third-order valence-electron chi connectivity index (χ3n) is 11.5. The molecule has 2 saturated carbocycles. The Hall–Kier alpha value is -2.93. The van der Waals surface area contributed by atoms with Crippen molar-refractivity contribution in [3.8, 4) is 5.75 Å². The highest BCUT2D eigenvalue weighted by molar-refractivity contribution is 6.24. The Morgan fingerprint density at radius 2 is 1.63 bits per heavy atom. The molecular weight excluding hydrogens is 544 g/mol. The number of fused-ring (bicyclic) bond motifs is 3. The molecule has 0 aromatic heterocycles. The second-order valence-corrected chi connectivity index (χ2v) is 15.5. The summed E-state index contributed by atoms with van der Waals surface area (Å²) < 4.78 is 0. The Morgan fingerprint density at radius 1 is 1.02 bits per heavy atom. The van der Waals surface area contributed by atoms with Crippen LogP contribution in [0.3, 0.4) is 0 Å². The Kier molecular flexibility index (Phi) is 7.36. The first-order valence-electron chi connectivity index (χ1n) is 15.9. The van der Waals surface area contributed by atoms with Crippen LogP contribution in [0.25, 0.3) is 5.76 Å². The fourth-order valence-electron chi connectivity index (χ4n) is 9.49. The van der Waals surface area contributed by atoms with Crippen LogP contribution >= 0.6 is 0 Å². The van der Waals surface area contributed by atoms with E-state index in [0.29, 0.717) is 12.8 Å². The topological polar surface area (TPSA) is 132 Å². The van der Waals surface area contributed by atoms with Gasteiger partial charge in [-0.25, -0.2) is 0 Å². The second-order valence-electron chi connectivity index (χ2n) is 15.5. The summed E-state index contributed by atoms with van der Waals surface area (Å²) in [6, 6.07) is 2.05. The molecule has 0 heterocycles. The number of phenols is 1. The highest BCUT2D eigenvalue weighted by Gasteiger charge is 2.72. The molecule has 2 fully saturated rings. The third kappa shape index (κ3) is 4.27. The maximum Gasteiger partial charge on any atom is 0.203 e. The van der Waals surface area contributed by atoms with E-state index in [0.717, 1.165) is 42.9 Å². The molecule has 5 rings (SSSR count). The molecule has 43 heavy (non-hydrogen) atoms. The van der Waals surface area contributed by atoms with Crippen molar-refractivity contribution < 1.29 is 34.8 Å². The molecule has 0 radical (unpaired) electrons. The van der Waals surface area contributed by atoms with Gasteiger partial charge in [-0.2, -0.15) is 0 Å². The van der Waals surface area contributed by atoms with Crippen LogP contribution in [0, 0.1) is 28.1 Å². The lowest BCUT2D eigenvalue weighted by atomic mass is 9.43. The maximum absolute atomic E-state index is 14.6. The lowest BCUT2D eigenvalue weighted by molar-refractivity contribution is -0.178. The van der Waals surface area contributed by atoms with Crippen molar-refractivity contribution in [1.29, 1.82) is 0 Å². The number of Topliss-reactive ketones (excluding diaryl/α,β-unsaturated/α-hetero) is 3. The number of ketones is 3. The molecule has 0 saturated heterocycles. The molecule has 4 N–H and O–H groups in total. The molecule has 4 aliphatic rings. The zero-order chi connectivity index (χ0) is 32.0. The Balaban J connectivity index is 1.74. The molecule has 4 atom stereocenters. The van der Waals surface area contributed by atoms with Crippen LogP contribution < -0.4 is 0 Å². The summed E-state index contributed by atoms with van der Waals surface area (Å²) in [7, 11) is 0. The molecule has 0 bridgehead atoms. The monoisotopic (exact) mass is 592 g/mol. The third-order valence-corrected chi connectivity index (χ3v) is 11.5. The average molecular weight is 593 g/mol. The molecule has 7 nitrogen and oxygen atoms in total. The van der Waals surface area contributed by atoms with Crippen LogP contribution in [0.4, 0.5) is 0 Å². The number of hydrogen-bond donors (Lipinski definition) is 4. The number of carbonyl (C=O) groups excluding carboxylic acids is 3. The Bertz CT molecular complexity index is 1490. The van der Waals surface area contributed by atoms with E-state index in [1.54, 1.807) is 6.92 Å². The SMILES string of the molecule is CC(=O)C1=C(O)[C@]2(O)C(=O)C3=C(O)c4c(O)c(CCC5(C)CCCC5)cc(C(C)C)c4C[C@]3(C)C[C@]2(C)C(C(C)C)C1=O. The number of hydrogen-bond acceptors (Lipinski definition) is 7. The van der Waals surface area contributed by atoms with Crippen molar-refractivity contribution >= 4 is 23.1 Å². The number of phenolic OH excluding ortho intramolecular Hbond substituents is 1. The first-order valence-corrected chi connectivity index (χ1v) is 15.9. The minimum atomic E-state index is -2.59. The summed E-state index contributed by atoms with van der Waals surface area (Å²) in [5.74, 6) is -4.80. The lowest BCUT2D eigenvalue weighted by Crippen LogP contribution is -2.69. The zero-order valence-electron chi connectivity index (χ0n) is 27.0. The molecule has 0 spiro atoms. The fraction of sp³-hybridized carbons (Fsp3) is 0.639. The molecule has 4 aliphatic carbocycles. The molecule has 234 valence electrons. The van der Waals surface area contributed by atoms with Gasteiger partial charge in [0.2, 0.25) is 5.78 Å². The predicted octanol–water partition coefficient (Wildman–Crippen LogP) is 6.83. The Labute approximate surface area is 255 Å². The van der Waals surface area contributed by atoms with Crippen molar-refractivity contribution in [3.63, 3.8) is 0 Å². The van der Waals surface area contributed by atoms with E-state index in [-0.39, 0.29) is 40.6 Å². The van der Waals surface area contributed by atoms with Crippen LogP contribution in [0.15, 0.2) is 23.0 Å². The van der Waals surface area contributed by atoms with Crippen LogP contribution in [0.1, 0.15) is 122 Å². The minimum Gasteiger partial charge on any atom is -0.508 e. The first kappa shape index (κ1) is 31.5. The van der Waals surface area contributed by atoms with E-state index >= 15 is 0 Å². The van der Waals surface area contributed by atoms with Gasteiger partial charge >= 0.3 is 0 Å². The molecule has 0 aliphatic heterocycles. The number of rotatable bonds is 6. The summed E-state index contributed by atoms with van der Waals surface area (Å²) >= 11 is 0. The minimum absolute atomic E-state index is 0.0516. The fourth-order valence-corrected chi connectivity index (χ4v) is 9.49. The van der Waals surface area contributed by atoms with E-state index in [1.807, 2.05) is 20.8 Å². The van der Waals surface area contributed by atoms with Crippen molar-refractivity contribution in [2.75, 3.05) is 0 Å². The zero-order valence-corrected chi connectivity index (χ0v) is 27.0. The smallest absolute Gasteiger partial charge is 0.203 e. The van der Waals surface area contributed by atoms with Crippen LogP contribution in [0.2, 0.25) is 0 Å². The van der Waals surface area contributed by atoms with Crippen molar-refractivity contribution in [2.24, 2.45) is 28.1 Å². The van der Waals surface area contributed by atoms with Crippen LogP contribution in [-0.4, -0.2) is 43.4 Å². The van der Waals surface area contributed by atoms with Gasteiger partial charge in [0, 0.05) is 22.3 Å². The van der Waals surface area contributed by atoms with Gasteiger partial charge in [0.1, 0.15) is 22.8 Å². The summed E-state index contributed by atoms with van der Waals surface area (Å²) in [5.41, 5.74) is -2.78. The van der Waals surface area contributed by atoms with Gasteiger partial charge in [-0.1, -0.05) is 67.4 Å². The normalized spacial score (nSPS) is 31.9. The predicted molar refractivity (Wildman–Crippen MR) is 165 cm³/mol. The van der Waals surface area contributed by atoms with E-state index in [4.69, 9.17) is 0 Å². The highest BCUT2D eigenvalue weighted by atomic mass is 16.3. The quantitative estimate of drug-likeness (QED) is 0.266. The summed E-state index contributed by atoms with van der Waals surface area (Å²) in [5, 5.41) is 47.3. The van der Waals surface area contributed by atoms with Gasteiger partial charge in [0.25, 0.3) is 0 Å². The summed E-state index contributed by atoms with van der Waals surface area (Å²) in [6.45, 7) is 14.7. The van der Waals surface area contributed by atoms with Crippen molar-refractivity contribution in [3.05, 3.63) is 45.2 Å². The lowest BCUT2D eigenvalue weighted by Gasteiger charge is -2.60. The number of aryl methyl sites for hydroxylation is 1. The largest absolute Gasteiger partial charge is 0.508 e. The number of aromatic hydroxyl groups is 1. The maximum atomic E-state index is 14.6. The number of carbonyl (C=O) groups is 3. The van der Waals surface area contributed by atoms with Crippen molar-refractivity contribution in [2.45, 2.75) is 118 Å².